The number of amides is 1. The zero-order chi connectivity index (χ0) is 25.7. The minimum absolute atomic E-state index is 0.110. The van der Waals surface area contributed by atoms with Crippen molar-refractivity contribution in [1.82, 2.24) is 14.5 Å². The molecule has 1 aromatic heterocycles. The van der Waals surface area contributed by atoms with E-state index in [-0.39, 0.29) is 24.0 Å². The lowest BCUT2D eigenvalue weighted by Gasteiger charge is -2.32. The minimum Gasteiger partial charge on any atom is -0.497 e. The fourth-order valence-electron chi connectivity index (χ4n) is 4.16. The van der Waals surface area contributed by atoms with Crippen LogP contribution in [0.5, 0.6) is 11.5 Å². The first-order chi connectivity index (χ1) is 17.4. The molecule has 0 aliphatic heterocycles. The third-order valence-electron chi connectivity index (χ3n) is 5.96. The van der Waals surface area contributed by atoms with Gasteiger partial charge in [-0.05, 0) is 61.4 Å². The lowest BCUT2D eigenvalue weighted by Crippen LogP contribution is -2.41. The van der Waals surface area contributed by atoms with Crippen LogP contribution >= 0.6 is 0 Å². The first-order valence-corrected chi connectivity index (χ1v) is 12.0. The number of hydrogen-bond acceptors (Lipinski definition) is 5. The van der Waals surface area contributed by atoms with Crippen molar-refractivity contribution in [2.75, 3.05) is 20.3 Å². The lowest BCUT2D eigenvalue weighted by atomic mass is 10.1. The summed E-state index contributed by atoms with van der Waals surface area (Å²) in [6.45, 7) is 6.38. The first kappa shape index (κ1) is 25.0. The Kier molecular flexibility index (Phi) is 7.68. The molecule has 4 rings (SSSR count). The molecule has 0 radical (unpaired) electrons. The van der Waals surface area contributed by atoms with Gasteiger partial charge in [0.2, 0.25) is 0 Å². The number of rotatable bonds is 9. The third kappa shape index (κ3) is 5.40. The van der Waals surface area contributed by atoms with Crippen LogP contribution in [0.3, 0.4) is 0 Å². The van der Waals surface area contributed by atoms with Crippen LogP contribution in [0, 0.1) is 5.92 Å². The number of carbonyl (C=O) groups is 1. The van der Waals surface area contributed by atoms with E-state index in [0.29, 0.717) is 40.5 Å². The molecule has 0 bridgehead atoms. The van der Waals surface area contributed by atoms with Gasteiger partial charge in [-0.25, -0.2) is 4.98 Å². The summed E-state index contributed by atoms with van der Waals surface area (Å²) in [4.78, 5) is 33.7. The van der Waals surface area contributed by atoms with Gasteiger partial charge in [-0.15, -0.1) is 0 Å². The molecule has 7 heteroatoms. The van der Waals surface area contributed by atoms with Gasteiger partial charge in [0.1, 0.15) is 17.3 Å². The van der Waals surface area contributed by atoms with E-state index in [9.17, 15) is 9.59 Å². The van der Waals surface area contributed by atoms with Gasteiger partial charge in [0.15, 0.2) is 6.61 Å². The van der Waals surface area contributed by atoms with Crippen LogP contribution in [0.1, 0.15) is 32.6 Å². The van der Waals surface area contributed by atoms with Crippen LogP contribution in [-0.4, -0.2) is 40.6 Å². The highest BCUT2D eigenvalue weighted by Gasteiger charge is 2.27. The van der Waals surface area contributed by atoms with Crippen molar-refractivity contribution in [3.05, 3.63) is 95.0 Å². The Morgan fingerprint density at radius 3 is 2.25 bits per heavy atom. The zero-order valence-electron chi connectivity index (χ0n) is 21.0. The molecule has 1 unspecified atom stereocenters. The van der Waals surface area contributed by atoms with Gasteiger partial charge in [0.05, 0.1) is 29.7 Å². The molecule has 0 fully saturated rings. The van der Waals surface area contributed by atoms with Crippen molar-refractivity contribution in [3.63, 3.8) is 0 Å². The molecule has 0 N–H and O–H groups in total. The van der Waals surface area contributed by atoms with Crippen molar-refractivity contribution in [2.24, 2.45) is 5.92 Å². The maximum absolute atomic E-state index is 13.7. The second kappa shape index (κ2) is 11.1. The number of benzene rings is 3. The van der Waals surface area contributed by atoms with Crippen LogP contribution in [0.25, 0.3) is 16.6 Å². The Balaban J connectivity index is 1.78. The SMILES string of the molecule is COc1ccc(-n2c(C(C)N(CC(C)C)C(=O)COc3ccccc3)nc3ccccc3c2=O)cc1. The van der Waals surface area contributed by atoms with Gasteiger partial charge in [-0.3, -0.25) is 14.2 Å². The summed E-state index contributed by atoms with van der Waals surface area (Å²) in [6, 6.07) is 23.3. The lowest BCUT2D eigenvalue weighted by molar-refractivity contribution is -0.136. The molecule has 0 spiro atoms. The number of carbonyl (C=O) groups excluding carboxylic acids is 1. The molecule has 4 aromatic rings. The quantitative estimate of drug-likeness (QED) is 0.333. The Hall–Kier alpha value is -4.13. The number of para-hydroxylation sites is 2. The largest absolute Gasteiger partial charge is 0.497 e. The predicted octanol–water partition coefficient (Wildman–Crippen LogP) is 5.02. The number of fused-ring (bicyclic) bond motifs is 1. The number of ether oxygens (including phenoxy) is 2. The van der Waals surface area contributed by atoms with E-state index in [1.54, 1.807) is 34.8 Å². The van der Waals surface area contributed by atoms with E-state index in [0.717, 1.165) is 0 Å². The van der Waals surface area contributed by atoms with Crippen LogP contribution < -0.4 is 15.0 Å². The maximum Gasteiger partial charge on any atom is 0.266 e. The van der Waals surface area contributed by atoms with Gasteiger partial charge >= 0.3 is 0 Å². The highest BCUT2D eigenvalue weighted by Crippen LogP contribution is 2.25. The van der Waals surface area contributed by atoms with Gasteiger partial charge < -0.3 is 14.4 Å². The molecule has 1 amide bonds. The van der Waals surface area contributed by atoms with E-state index in [4.69, 9.17) is 14.5 Å². The van der Waals surface area contributed by atoms with Crippen molar-refractivity contribution in [2.45, 2.75) is 26.8 Å². The Labute approximate surface area is 210 Å². The van der Waals surface area contributed by atoms with Crippen molar-refractivity contribution < 1.29 is 14.3 Å². The smallest absolute Gasteiger partial charge is 0.266 e. The van der Waals surface area contributed by atoms with Gasteiger partial charge in [0, 0.05) is 6.54 Å². The third-order valence-corrected chi connectivity index (χ3v) is 5.96. The topological polar surface area (TPSA) is 73.7 Å². The van der Waals surface area contributed by atoms with Gasteiger partial charge in [0.25, 0.3) is 11.5 Å². The second-order valence-corrected chi connectivity index (χ2v) is 9.04. The summed E-state index contributed by atoms with van der Waals surface area (Å²) in [7, 11) is 1.60. The number of aromatic nitrogens is 2. The van der Waals surface area contributed by atoms with Crippen molar-refractivity contribution in [1.29, 1.82) is 0 Å². The average molecular weight is 486 g/mol. The first-order valence-electron chi connectivity index (χ1n) is 12.0. The van der Waals surface area contributed by atoms with Gasteiger partial charge in [-0.2, -0.15) is 0 Å². The van der Waals surface area contributed by atoms with E-state index in [2.05, 4.69) is 13.8 Å². The monoisotopic (exact) mass is 485 g/mol. The number of nitrogens with zero attached hydrogens (tertiary/aromatic N) is 3. The fraction of sp³-hybridized carbons (Fsp3) is 0.276. The highest BCUT2D eigenvalue weighted by atomic mass is 16.5. The van der Waals surface area contributed by atoms with Crippen LogP contribution in [0.15, 0.2) is 83.7 Å². The molecule has 1 atom stereocenters. The van der Waals surface area contributed by atoms with Crippen molar-refractivity contribution in [3.8, 4) is 17.2 Å². The molecule has 0 aliphatic rings. The molecule has 36 heavy (non-hydrogen) atoms. The van der Waals surface area contributed by atoms with E-state index < -0.39 is 6.04 Å². The summed E-state index contributed by atoms with van der Waals surface area (Å²) in [6.07, 6.45) is 0. The van der Waals surface area contributed by atoms with E-state index in [1.165, 1.54) is 0 Å². The van der Waals surface area contributed by atoms with Gasteiger partial charge in [-0.1, -0.05) is 44.2 Å². The molecule has 0 aliphatic carbocycles. The molecule has 0 saturated heterocycles. The Morgan fingerprint density at radius 2 is 1.58 bits per heavy atom. The second-order valence-electron chi connectivity index (χ2n) is 9.04. The summed E-state index contributed by atoms with van der Waals surface area (Å²) < 4.78 is 12.6. The predicted molar refractivity (Wildman–Crippen MR) is 141 cm³/mol. The fourth-order valence-corrected chi connectivity index (χ4v) is 4.16. The Morgan fingerprint density at radius 1 is 0.917 bits per heavy atom. The van der Waals surface area contributed by atoms with Crippen molar-refractivity contribution >= 4 is 16.8 Å². The van der Waals surface area contributed by atoms with Crippen LogP contribution in [0.4, 0.5) is 0 Å². The highest BCUT2D eigenvalue weighted by molar-refractivity contribution is 5.79. The van der Waals surface area contributed by atoms with Crippen LogP contribution in [-0.2, 0) is 4.79 Å². The normalized spacial score (nSPS) is 11.9. The average Bonchev–Trinajstić information content (AvgIpc) is 2.90. The summed E-state index contributed by atoms with van der Waals surface area (Å²) in [5.74, 6) is 1.82. The standard InChI is InChI=1S/C29H31N3O4/c1-20(2)18-31(27(33)19-36-24-10-6-5-7-11-24)21(3)28-30-26-13-9-8-12-25(26)29(34)32(28)22-14-16-23(35-4)17-15-22/h5-17,20-21H,18-19H2,1-4H3. The minimum atomic E-state index is -0.487. The summed E-state index contributed by atoms with van der Waals surface area (Å²) >= 11 is 0. The number of methoxy groups -OCH3 is 1. The van der Waals surface area contributed by atoms with E-state index in [1.807, 2.05) is 67.6 Å². The molecule has 186 valence electrons. The molecule has 0 saturated carbocycles. The zero-order valence-corrected chi connectivity index (χ0v) is 21.0. The molecule has 3 aromatic carbocycles. The summed E-state index contributed by atoms with van der Waals surface area (Å²) in [5.41, 5.74) is 1.05. The van der Waals surface area contributed by atoms with Crippen LogP contribution in [0.2, 0.25) is 0 Å². The molecular weight excluding hydrogens is 454 g/mol. The molecular formula is C29H31N3O4. The number of hydrogen-bond donors (Lipinski definition) is 0. The molecule has 7 nitrogen and oxygen atoms in total. The maximum atomic E-state index is 13.7. The Bertz CT molecular complexity index is 1380. The molecule has 1 heterocycles. The summed E-state index contributed by atoms with van der Waals surface area (Å²) in [5, 5.41) is 0.512. The van der Waals surface area contributed by atoms with E-state index >= 15 is 0 Å².